The van der Waals surface area contributed by atoms with Gasteiger partial charge in [0.25, 0.3) is 0 Å². The average molecular weight is 100 g/mol. The number of nitrogens with zero attached hydrogens (tertiary/aromatic N) is 2. The standard InChI is InChI=1S/C5H12N2/c1-4-6-5-7(2)3/h5H,4H2,1-3H3/b6-5-. The molecule has 0 aromatic rings. The van der Waals surface area contributed by atoms with Gasteiger partial charge in [-0.3, -0.25) is 4.99 Å². The van der Waals surface area contributed by atoms with Crippen LogP contribution in [0.1, 0.15) is 6.92 Å². The van der Waals surface area contributed by atoms with Crippen molar-refractivity contribution in [3.05, 3.63) is 0 Å². The predicted molar refractivity (Wildman–Crippen MR) is 32.7 cm³/mol. The molecule has 0 heterocycles. The van der Waals surface area contributed by atoms with Gasteiger partial charge in [0.1, 0.15) is 0 Å². The molecule has 0 aliphatic carbocycles. The Morgan fingerprint density at radius 1 is 1.57 bits per heavy atom. The zero-order valence-corrected chi connectivity index (χ0v) is 5.18. The molecule has 0 atom stereocenters. The third kappa shape index (κ3) is 5.47. The third-order valence-electron chi connectivity index (χ3n) is 0.495. The molecule has 0 saturated carbocycles. The van der Waals surface area contributed by atoms with Gasteiger partial charge in [-0.25, -0.2) is 0 Å². The summed E-state index contributed by atoms with van der Waals surface area (Å²) >= 11 is 0. The second-order valence-corrected chi connectivity index (χ2v) is 1.58. The van der Waals surface area contributed by atoms with Crippen molar-refractivity contribution in [3.8, 4) is 0 Å². The van der Waals surface area contributed by atoms with Crippen molar-refractivity contribution in [2.75, 3.05) is 20.6 Å². The molecule has 2 nitrogen and oxygen atoms in total. The summed E-state index contributed by atoms with van der Waals surface area (Å²) in [6.07, 6.45) is 1.81. The van der Waals surface area contributed by atoms with Gasteiger partial charge < -0.3 is 4.90 Å². The molecular formula is C5H12N2. The second-order valence-electron chi connectivity index (χ2n) is 1.58. The highest BCUT2D eigenvalue weighted by molar-refractivity contribution is 5.53. The van der Waals surface area contributed by atoms with Crippen molar-refractivity contribution in [1.82, 2.24) is 4.90 Å². The topological polar surface area (TPSA) is 15.6 Å². The summed E-state index contributed by atoms with van der Waals surface area (Å²) in [5, 5.41) is 0. The van der Waals surface area contributed by atoms with Gasteiger partial charge in [0, 0.05) is 20.6 Å². The Hall–Kier alpha value is -0.530. The number of hydrogen-bond donors (Lipinski definition) is 0. The molecule has 0 aromatic carbocycles. The van der Waals surface area contributed by atoms with Crippen LogP contribution >= 0.6 is 0 Å². The first kappa shape index (κ1) is 6.47. The fourth-order valence-electron chi connectivity index (χ4n) is 0.245. The highest BCUT2D eigenvalue weighted by atomic mass is 15.1. The van der Waals surface area contributed by atoms with Crippen LogP contribution < -0.4 is 0 Å². The predicted octanol–water partition coefficient (Wildman–Crippen LogP) is 0.596. The minimum atomic E-state index is 0.873. The van der Waals surface area contributed by atoms with Crippen LogP contribution in [0.4, 0.5) is 0 Å². The minimum absolute atomic E-state index is 0.873. The Morgan fingerprint density at radius 3 is 2.29 bits per heavy atom. The molecule has 0 spiro atoms. The molecule has 0 aromatic heterocycles. The maximum atomic E-state index is 3.97. The van der Waals surface area contributed by atoms with E-state index in [0.717, 1.165) is 6.54 Å². The van der Waals surface area contributed by atoms with Crippen molar-refractivity contribution in [1.29, 1.82) is 0 Å². The van der Waals surface area contributed by atoms with E-state index in [1.807, 2.05) is 25.9 Å². The number of aliphatic imine (C=N–C) groups is 1. The Bertz CT molecular complexity index is 57.1. The quantitative estimate of drug-likeness (QED) is 0.366. The molecule has 0 unspecified atom stereocenters. The summed E-state index contributed by atoms with van der Waals surface area (Å²) < 4.78 is 0. The molecule has 0 N–H and O–H groups in total. The molecule has 0 aliphatic rings. The lowest BCUT2D eigenvalue weighted by atomic mass is 10.8. The molecule has 0 saturated heterocycles. The van der Waals surface area contributed by atoms with Gasteiger partial charge >= 0.3 is 0 Å². The van der Waals surface area contributed by atoms with Gasteiger partial charge in [0.2, 0.25) is 0 Å². The van der Waals surface area contributed by atoms with Crippen molar-refractivity contribution in [2.24, 2.45) is 4.99 Å². The van der Waals surface area contributed by atoms with Crippen molar-refractivity contribution >= 4 is 6.34 Å². The maximum absolute atomic E-state index is 3.97. The maximum Gasteiger partial charge on any atom is 0.0844 e. The molecule has 0 radical (unpaired) electrons. The van der Waals surface area contributed by atoms with E-state index in [0.29, 0.717) is 0 Å². The molecule has 0 bridgehead atoms. The lowest BCUT2D eigenvalue weighted by Crippen LogP contribution is -2.07. The van der Waals surface area contributed by atoms with Crippen LogP contribution in [0, 0.1) is 0 Å². The fourth-order valence-corrected chi connectivity index (χ4v) is 0.245. The molecule has 0 amide bonds. The fraction of sp³-hybridized carbons (Fsp3) is 0.800. The summed E-state index contributed by atoms with van der Waals surface area (Å²) in [5.74, 6) is 0. The van der Waals surface area contributed by atoms with Gasteiger partial charge in [-0.15, -0.1) is 0 Å². The lowest BCUT2D eigenvalue weighted by molar-refractivity contribution is 0.640. The summed E-state index contributed by atoms with van der Waals surface area (Å²) in [6.45, 7) is 2.89. The van der Waals surface area contributed by atoms with Crippen LogP contribution in [-0.4, -0.2) is 31.9 Å². The molecule has 0 fully saturated rings. The summed E-state index contributed by atoms with van der Waals surface area (Å²) in [7, 11) is 3.92. The first-order valence-corrected chi connectivity index (χ1v) is 2.43. The monoisotopic (exact) mass is 100 g/mol. The Balaban J connectivity index is 3.08. The number of hydrogen-bond acceptors (Lipinski definition) is 1. The highest BCUT2D eigenvalue weighted by Crippen LogP contribution is 1.65. The van der Waals surface area contributed by atoms with E-state index in [1.54, 1.807) is 6.34 Å². The van der Waals surface area contributed by atoms with Gasteiger partial charge in [-0.1, -0.05) is 0 Å². The van der Waals surface area contributed by atoms with Crippen LogP contribution in [0.2, 0.25) is 0 Å². The van der Waals surface area contributed by atoms with E-state index < -0.39 is 0 Å². The van der Waals surface area contributed by atoms with E-state index in [9.17, 15) is 0 Å². The van der Waals surface area contributed by atoms with Gasteiger partial charge in [0.05, 0.1) is 6.34 Å². The first-order valence-electron chi connectivity index (χ1n) is 2.43. The third-order valence-corrected chi connectivity index (χ3v) is 0.495. The molecule has 2 heteroatoms. The van der Waals surface area contributed by atoms with Gasteiger partial charge in [-0.05, 0) is 6.92 Å². The molecule has 42 valence electrons. The zero-order chi connectivity index (χ0) is 5.70. The van der Waals surface area contributed by atoms with E-state index in [4.69, 9.17) is 0 Å². The Kier molecular flexibility index (Phi) is 3.38. The summed E-state index contributed by atoms with van der Waals surface area (Å²) in [5.41, 5.74) is 0. The molecule has 0 rings (SSSR count). The molecule has 7 heavy (non-hydrogen) atoms. The smallest absolute Gasteiger partial charge is 0.0844 e. The summed E-state index contributed by atoms with van der Waals surface area (Å²) in [4.78, 5) is 5.89. The summed E-state index contributed by atoms with van der Waals surface area (Å²) in [6, 6.07) is 0. The number of rotatable bonds is 2. The Morgan fingerprint density at radius 2 is 2.14 bits per heavy atom. The van der Waals surface area contributed by atoms with Crippen molar-refractivity contribution in [3.63, 3.8) is 0 Å². The van der Waals surface area contributed by atoms with E-state index in [2.05, 4.69) is 4.99 Å². The van der Waals surface area contributed by atoms with Crippen LogP contribution in [0.15, 0.2) is 4.99 Å². The van der Waals surface area contributed by atoms with E-state index >= 15 is 0 Å². The largest absolute Gasteiger partial charge is 0.369 e. The van der Waals surface area contributed by atoms with E-state index in [-0.39, 0.29) is 0 Å². The normalized spacial score (nSPS) is 10.1. The molecule has 0 aliphatic heterocycles. The minimum Gasteiger partial charge on any atom is -0.369 e. The first-order chi connectivity index (χ1) is 3.27. The highest BCUT2D eigenvalue weighted by Gasteiger charge is 1.70. The van der Waals surface area contributed by atoms with Crippen LogP contribution in [0.3, 0.4) is 0 Å². The van der Waals surface area contributed by atoms with Gasteiger partial charge in [0.15, 0.2) is 0 Å². The SMILES string of the molecule is CC/N=C\N(C)C. The van der Waals surface area contributed by atoms with Crippen LogP contribution in [0.5, 0.6) is 0 Å². The van der Waals surface area contributed by atoms with Crippen molar-refractivity contribution < 1.29 is 0 Å². The average Bonchev–Trinajstić information content (AvgIpc) is 1.61. The zero-order valence-electron chi connectivity index (χ0n) is 5.18. The van der Waals surface area contributed by atoms with E-state index in [1.165, 1.54) is 0 Å². The van der Waals surface area contributed by atoms with Crippen LogP contribution in [-0.2, 0) is 0 Å². The second kappa shape index (κ2) is 3.65. The molecular weight excluding hydrogens is 88.1 g/mol. The Labute approximate surface area is 44.9 Å². The van der Waals surface area contributed by atoms with Crippen molar-refractivity contribution in [2.45, 2.75) is 6.92 Å². The van der Waals surface area contributed by atoms with Crippen LogP contribution in [0.25, 0.3) is 0 Å². The lowest BCUT2D eigenvalue weighted by Gasteiger charge is -1.99. The van der Waals surface area contributed by atoms with Gasteiger partial charge in [-0.2, -0.15) is 0 Å².